The number of nitrogens with two attached hydrogens (primary N) is 2. The fourth-order valence-corrected chi connectivity index (χ4v) is 5.23. The zero-order valence-corrected chi connectivity index (χ0v) is 18.9. The Bertz CT molecular complexity index is 944. The maximum atomic E-state index is 13.3. The van der Waals surface area contributed by atoms with Gasteiger partial charge in [0.2, 0.25) is 11.8 Å². The lowest BCUT2D eigenvalue weighted by Crippen LogP contribution is -2.57. The van der Waals surface area contributed by atoms with Gasteiger partial charge in [-0.1, -0.05) is 43.5 Å². The van der Waals surface area contributed by atoms with Crippen LogP contribution in [0.1, 0.15) is 56.1 Å². The van der Waals surface area contributed by atoms with E-state index >= 15 is 0 Å². The van der Waals surface area contributed by atoms with Crippen molar-refractivity contribution < 1.29 is 18.0 Å². The van der Waals surface area contributed by atoms with Crippen molar-refractivity contribution in [1.29, 1.82) is 5.41 Å². The van der Waals surface area contributed by atoms with Crippen LogP contribution >= 0.6 is 0 Å². The molecule has 10 nitrogen and oxygen atoms in total. The van der Waals surface area contributed by atoms with Crippen molar-refractivity contribution in [2.24, 2.45) is 16.8 Å². The number of nitrogens with zero attached hydrogens (tertiary/aromatic N) is 1. The van der Waals surface area contributed by atoms with Crippen molar-refractivity contribution in [1.82, 2.24) is 14.9 Å². The molecule has 1 aromatic rings. The van der Waals surface area contributed by atoms with E-state index < -0.39 is 22.3 Å². The lowest BCUT2D eigenvalue weighted by Gasteiger charge is -2.34. The SMILES string of the molecule is N=C(N)c1ccc(CNC(=O)C2CCCN2C(=O)C(NS(N)(=O)=O)C2CCCCC2)cc1. The lowest BCUT2D eigenvalue weighted by molar-refractivity contribution is -0.141. The third kappa shape index (κ3) is 6.27. The molecule has 7 N–H and O–H groups in total. The van der Waals surface area contributed by atoms with Crippen molar-refractivity contribution >= 4 is 27.9 Å². The predicted octanol–water partition coefficient (Wildman–Crippen LogP) is 0.320. The zero-order valence-electron chi connectivity index (χ0n) is 18.0. The molecule has 0 radical (unpaired) electrons. The molecular weight excluding hydrogens is 432 g/mol. The van der Waals surface area contributed by atoms with E-state index in [1.807, 2.05) is 0 Å². The van der Waals surface area contributed by atoms with Crippen LogP contribution in [0.5, 0.6) is 0 Å². The summed E-state index contributed by atoms with van der Waals surface area (Å²) >= 11 is 0. The van der Waals surface area contributed by atoms with E-state index in [1.165, 1.54) is 4.90 Å². The van der Waals surface area contributed by atoms with Crippen molar-refractivity contribution in [2.45, 2.75) is 63.6 Å². The molecule has 2 fully saturated rings. The maximum Gasteiger partial charge on any atom is 0.275 e. The van der Waals surface area contributed by atoms with Gasteiger partial charge in [-0.3, -0.25) is 15.0 Å². The molecule has 1 aliphatic carbocycles. The van der Waals surface area contributed by atoms with Gasteiger partial charge in [-0.2, -0.15) is 13.1 Å². The largest absolute Gasteiger partial charge is 0.384 e. The molecule has 1 heterocycles. The molecule has 0 spiro atoms. The Balaban J connectivity index is 1.66. The van der Waals surface area contributed by atoms with Crippen LogP contribution in [-0.4, -0.2) is 49.6 Å². The van der Waals surface area contributed by atoms with E-state index in [4.69, 9.17) is 16.3 Å². The number of benzene rings is 1. The van der Waals surface area contributed by atoms with Gasteiger partial charge in [0.05, 0.1) is 0 Å². The van der Waals surface area contributed by atoms with Gasteiger partial charge >= 0.3 is 0 Å². The molecule has 11 heteroatoms. The standard InChI is InChI=1S/C21H32N6O4S/c22-19(23)16-10-8-14(9-11-16)13-25-20(28)17-7-4-12-27(17)21(29)18(26-32(24,30)31)15-5-2-1-3-6-15/h8-11,15,17-18,26H,1-7,12-13H2,(H3,22,23)(H,25,28)(H2,24,30,31). The number of nitrogens with one attached hydrogen (secondary N) is 3. The monoisotopic (exact) mass is 464 g/mol. The quantitative estimate of drug-likeness (QED) is 0.275. The smallest absolute Gasteiger partial charge is 0.275 e. The van der Waals surface area contributed by atoms with E-state index in [0.717, 1.165) is 37.7 Å². The van der Waals surface area contributed by atoms with Gasteiger partial charge in [0.25, 0.3) is 10.2 Å². The molecule has 32 heavy (non-hydrogen) atoms. The second kappa shape index (κ2) is 10.4. The van der Waals surface area contributed by atoms with Crippen molar-refractivity contribution in [2.75, 3.05) is 6.54 Å². The second-order valence-corrected chi connectivity index (χ2v) is 9.88. The average Bonchev–Trinajstić information content (AvgIpc) is 3.26. The molecule has 2 unspecified atom stereocenters. The molecule has 0 aromatic heterocycles. The van der Waals surface area contributed by atoms with Crippen molar-refractivity contribution in [3.63, 3.8) is 0 Å². The molecular formula is C21H32N6O4S. The topological polar surface area (TPSA) is 171 Å². The van der Waals surface area contributed by atoms with Gasteiger partial charge < -0.3 is 16.0 Å². The Morgan fingerprint density at radius 2 is 1.75 bits per heavy atom. The minimum absolute atomic E-state index is 0.0266. The van der Waals surface area contributed by atoms with Crippen LogP contribution in [-0.2, 0) is 26.3 Å². The van der Waals surface area contributed by atoms with Crippen LogP contribution in [0.2, 0.25) is 0 Å². The van der Waals surface area contributed by atoms with E-state index in [-0.39, 0.29) is 30.1 Å². The summed E-state index contributed by atoms with van der Waals surface area (Å²) in [5.41, 5.74) is 6.90. The number of carbonyl (C=O) groups is 2. The van der Waals surface area contributed by atoms with Crippen LogP contribution in [0.4, 0.5) is 0 Å². The molecule has 2 aliphatic rings. The number of amidine groups is 1. The van der Waals surface area contributed by atoms with Crippen LogP contribution in [0.25, 0.3) is 0 Å². The Hall–Kier alpha value is -2.50. The minimum atomic E-state index is -4.06. The molecule has 1 saturated carbocycles. The highest BCUT2D eigenvalue weighted by Crippen LogP contribution is 2.29. The van der Waals surface area contributed by atoms with Crippen LogP contribution in [0.15, 0.2) is 24.3 Å². The van der Waals surface area contributed by atoms with Crippen molar-refractivity contribution in [3.8, 4) is 0 Å². The summed E-state index contributed by atoms with van der Waals surface area (Å²) in [5, 5.41) is 15.5. The van der Waals surface area contributed by atoms with E-state index in [2.05, 4.69) is 10.0 Å². The van der Waals surface area contributed by atoms with E-state index in [0.29, 0.717) is 24.9 Å². The number of nitrogen functional groups attached to an aromatic ring is 1. The van der Waals surface area contributed by atoms with Gasteiger partial charge in [0.15, 0.2) is 0 Å². The Kier molecular flexibility index (Phi) is 7.86. The molecule has 176 valence electrons. The van der Waals surface area contributed by atoms with Gasteiger partial charge in [-0.25, -0.2) is 5.14 Å². The number of hydrogen-bond acceptors (Lipinski definition) is 5. The van der Waals surface area contributed by atoms with Gasteiger partial charge in [-0.15, -0.1) is 0 Å². The third-order valence-electron chi connectivity index (χ3n) is 6.25. The van der Waals surface area contributed by atoms with Crippen molar-refractivity contribution in [3.05, 3.63) is 35.4 Å². The maximum absolute atomic E-state index is 13.3. The highest BCUT2D eigenvalue weighted by atomic mass is 32.2. The highest BCUT2D eigenvalue weighted by molar-refractivity contribution is 7.87. The Morgan fingerprint density at radius 1 is 1.09 bits per heavy atom. The summed E-state index contributed by atoms with van der Waals surface area (Å²) in [6, 6.07) is 5.39. The fraction of sp³-hybridized carbons (Fsp3) is 0.571. The first kappa shape index (κ1) is 24.1. The summed E-state index contributed by atoms with van der Waals surface area (Å²) < 4.78 is 25.8. The number of carbonyl (C=O) groups excluding carboxylic acids is 2. The Labute approximate surface area is 188 Å². The van der Waals surface area contributed by atoms with Crippen LogP contribution in [0.3, 0.4) is 0 Å². The number of rotatable bonds is 8. The third-order valence-corrected chi connectivity index (χ3v) is 6.83. The summed E-state index contributed by atoms with van der Waals surface area (Å²) in [6.07, 6.45) is 5.63. The summed E-state index contributed by atoms with van der Waals surface area (Å²) in [6.45, 7) is 0.677. The van der Waals surface area contributed by atoms with Gasteiger partial charge in [-0.05, 0) is 37.2 Å². The molecule has 2 amide bonds. The molecule has 1 aromatic carbocycles. The van der Waals surface area contributed by atoms with E-state index in [9.17, 15) is 18.0 Å². The van der Waals surface area contributed by atoms with Gasteiger partial charge in [0, 0.05) is 18.7 Å². The number of amides is 2. The normalized spacial score (nSPS) is 20.7. The first-order valence-electron chi connectivity index (χ1n) is 11.0. The zero-order chi connectivity index (χ0) is 23.3. The minimum Gasteiger partial charge on any atom is -0.384 e. The first-order chi connectivity index (χ1) is 15.2. The Morgan fingerprint density at radius 3 is 2.34 bits per heavy atom. The molecule has 2 atom stereocenters. The summed E-state index contributed by atoms with van der Waals surface area (Å²) in [4.78, 5) is 27.7. The lowest BCUT2D eigenvalue weighted by atomic mass is 9.83. The van der Waals surface area contributed by atoms with Crippen LogP contribution in [0, 0.1) is 11.3 Å². The van der Waals surface area contributed by atoms with Gasteiger partial charge in [0.1, 0.15) is 17.9 Å². The summed E-state index contributed by atoms with van der Waals surface area (Å²) in [5.74, 6) is -0.807. The average molecular weight is 465 g/mol. The van der Waals surface area contributed by atoms with E-state index in [1.54, 1.807) is 24.3 Å². The predicted molar refractivity (Wildman–Crippen MR) is 121 cm³/mol. The summed E-state index contributed by atoms with van der Waals surface area (Å²) in [7, 11) is -4.06. The number of likely N-dealkylation sites (tertiary alicyclic amines) is 1. The van der Waals surface area contributed by atoms with Crippen LogP contribution < -0.4 is 20.9 Å². The number of hydrogen-bond donors (Lipinski definition) is 5. The molecule has 1 saturated heterocycles. The molecule has 0 bridgehead atoms. The first-order valence-corrected chi connectivity index (χ1v) is 12.5. The second-order valence-electron chi connectivity index (χ2n) is 8.56. The fourth-order valence-electron chi connectivity index (χ4n) is 4.58. The highest BCUT2D eigenvalue weighted by Gasteiger charge is 2.41. The molecule has 3 rings (SSSR count). The molecule has 1 aliphatic heterocycles.